The maximum absolute atomic E-state index is 11.5. The molecule has 0 radical (unpaired) electrons. The number of nitrogens with one attached hydrogen (secondary N) is 1. The van der Waals surface area contributed by atoms with E-state index in [-0.39, 0.29) is 17.9 Å². The molecule has 0 saturated heterocycles. The zero-order chi connectivity index (χ0) is 12.8. The minimum atomic E-state index is -0.248. The van der Waals surface area contributed by atoms with E-state index in [1.54, 1.807) is 19.3 Å². The first-order chi connectivity index (χ1) is 8.04. The highest BCUT2D eigenvalue weighted by atomic mass is 79.9. The molecule has 1 N–H and O–H groups in total. The van der Waals surface area contributed by atoms with Gasteiger partial charge in [-0.3, -0.25) is 4.79 Å². The Kier molecular flexibility index (Phi) is 5.34. The van der Waals surface area contributed by atoms with Crippen molar-refractivity contribution in [3.05, 3.63) is 16.9 Å². The van der Waals surface area contributed by atoms with Crippen molar-refractivity contribution in [3.63, 3.8) is 0 Å². The van der Waals surface area contributed by atoms with Crippen LogP contribution < -0.4 is 5.32 Å². The van der Waals surface area contributed by atoms with Gasteiger partial charge in [0, 0.05) is 18.4 Å². The molecule has 0 unspecified atom stereocenters. The highest BCUT2D eigenvalue weighted by molar-refractivity contribution is 9.10. The molecule has 0 aliphatic rings. The number of ether oxygens (including phenoxy) is 1. The number of carbonyl (C=O) groups is 1. The van der Waals surface area contributed by atoms with Crippen molar-refractivity contribution in [1.29, 1.82) is 0 Å². The molecule has 94 valence electrons. The fourth-order valence-electron chi connectivity index (χ4n) is 1.19. The number of anilines is 1. The third-order valence-electron chi connectivity index (χ3n) is 2.39. The smallest absolute Gasteiger partial charge is 0.310 e. The largest absolute Gasteiger partial charge is 0.466 e. The van der Waals surface area contributed by atoms with Crippen LogP contribution >= 0.6 is 15.9 Å². The second kappa shape index (κ2) is 6.54. The molecule has 1 rings (SSSR count). The predicted octanol–water partition coefficient (Wildman–Crippen LogP) is 2.24. The number of hydrogen-bond acceptors (Lipinski definition) is 5. The molecule has 17 heavy (non-hydrogen) atoms. The van der Waals surface area contributed by atoms with Crippen LogP contribution in [-0.2, 0) is 9.53 Å². The van der Waals surface area contributed by atoms with Gasteiger partial charge in [-0.15, -0.1) is 0 Å². The molecule has 1 heterocycles. The topological polar surface area (TPSA) is 64.1 Å². The Bertz CT molecular complexity index is 369. The molecule has 0 aliphatic heterocycles. The Hall–Kier alpha value is -1.17. The van der Waals surface area contributed by atoms with Crippen molar-refractivity contribution in [2.24, 2.45) is 5.92 Å². The van der Waals surface area contributed by atoms with Crippen LogP contribution in [0.1, 0.15) is 20.8 Å². The fourth-order valence-corrected chi connectivity index (χ4v) is 1.40. The lowest BCUT2D eigenvalue weighted by Crippen LogP contribution is -2.31. The van der Waals surface area contributed by atoms with Crippen molar-refractivity contribution in [2.45, 2.75) is 26.8 Å². The average Bonchev–Trinajstić information content (AvgIpc) is 2.31. The van der Waals surface area contributed by atoms with Gasteiger partial charge >= 0.3 is 5.97 Å². The van der Waals surface area contributed by atoms with Gasteiger partial charge in [0.2, 0.25) is 5.95 Å². The number of rotatable bonds is 5. The number of nitrogens with zero attached hydrogens (tertiary/aromatic N) is 2. The van der Waals surface area contributed by atoms with Gasteiger partial charge in [-0.1, -0.05) is 0 Å². The van der Waals surface area contributed by atoms with Crippen LogP contribution in [0.4, 0.5) is 5.95 Å². The zero-order valence-electron chi connectivity index (χ0n) is 10.1. The summed E-state index contributed by atoms with van der Waals surface area (Å²) < 4.78 is 5.77. The summed E-state index contributed by atoms with van der Waals surface area (Å²) in [6.07, 6.45) is 3.30. The van der Waals surface area contributed by atoms with Crippen molar-refractivity contribution in [2.75, 3.05) is 11.9 Å². The van der Waals surface area contributed by atoms with E-state index in [9.17, 15) is 4.79 Å². The molecule has 1 aromatic rings. The van der Waals surface area contributed by atoms with Crippen LogP contribution in [0.25, 0.3) is 0 Å². The molecule has 6 heteroatoms. The van der Waals surface area contributed by atoms with E-state index in [1.165, 1.54) is 0 Å². The standard InChI is InChI=1S/C11H16BrN3O2/c1-4-17-10(16)7(2)8(3)15-11-13-5-9(12)6-14-11/h5-8H,4H2,1-3H3,(H,13,14,15)/t7-,8-/m0/s1. The van der Waals surface area contributed by atoms with Crippen LogP contribution in [0.3, 0.4) is 0 Å². The predicted molar refractivity (Wildman–Crippen MR) is 68.6 cm³/mol. The van der Waals surface area contributed by atoms with Crippen LogP contribution in [0.2, 0.25) is 0 Å². The van der Waals surface area contributed by atoms with Crippen molar-refractivity contribution >= 4 is 27.8 Å². The number of aromatic nitrogens is 2. The van der Waals surface area contributed by atoms with Gasteiger partial charge in [-0.25, -0.2) is 9.97 Å². The van der Waals surface area contributed by atoms with E-state index in [2.05, 4.69) is 31.2 Å². The zero-order valence-corrected chi connectivity index (χ0v) is 11.7. The minimum absolute atomic E-state index is 0.0878. The van der Waals surface area contributed by atoms with E-state index >= 15 is 0 Å². The minimum Gasteiger partial charge on any atom is -0.466 e. The van der Waals surface area contributed by atoms with Gasteiger partial charge < -0.3 is 10.1 Å². The molecule has 0 spiro atoms. The van der Waals surface area contributed by atoms with Gasteiger partial charge in [-0.05, 0) is 36.7 Å². The second-order valence-corrected chi connectivity index (χ2v) is 4.61. The molecule has 2 atom stereocenters. The Morgan fingerprint density at radius 1 is 1.47 bits per heavy atom. The lowest BCUT2D eigenvalue weighted by molar-refractivity contribution is -0.147. The number of hydrogen-bond donors (Lipinski definition) is 1. The molecule has 1 aromatic heterocycles. The monoisotopic (exact) mass is 301 g/mol. The molecule has 0 saturated carbocycles. The van der Waals surface area contributed by atoms with Crippen LogP contribution in [0, 0.1) is 5.92 Å². The molecular weight excluding hydrogens is 286 g/mol. The third kappa shape index (κ3) is 4.30. The van der Waals surface area contributed by atoms with Crippen molar-refractivity contribution in [1.82, 2.24) is 9.97 Å². The average molecular weight is 302 g/mol. The molecule has 0 amide bonds. The van der Waals surface area contributed by atoms with E-state index in [4.69, 9.17) is 4.74 Å². The van der Waals surface area contributed by atoms with E-state index in [1.807, 2.05) is 13.8 Å². The number of carbonyl (C=O) groups excluding carboxylic acids is 1. The van der Waals surface area contributed by atoms with Crippen molar-refractivity contribution < 1.29 is 9.53 Å². The highest BCUT2D eigenvalue weighted by Gasteiger charge is 2.21. The second-order valence-electron chi connectivity index (χ2n) is 3.70. The summed E-state index contributed by atoms with van der Waals surface area (Å²) >= 11 is 3.26. The van der Waals surface area contributed by atoms with E-state index in [0.29, 0.717) is 12.6 Å². The maximum Gasteiger partial charge on any atom is 0.310 e. The highest BCUT2D eigenvalue weighted by Crippen LogP contribution is 2.12. The van der Waals surface area contributed by atoms with E-state index in [0.717, 1.165) is 4.47 Å². The van der Waals surface area contributed by atoms with Crippen LogP contribution in [-0.4, -0.2) is 28.6 Å². The number of esters is 1. The Labute approximate surface area is 109 Å². The first-order valence-corrected chi connectivity index (χ1v) is 6.24. The Balaban J connectivity index is 2.56. The molecule has 0 fully saturated rings. The van der Waals surface area contributed by atoms with Crippen molar-refractivity contribution in [3.8, 4) is 0 Å². The lowest BCUT2D eigenvalue weighted by atomic mass is 10.0. The first-order valence-electron chi connectivity index (χ1n) is 5.45. The molecule has 5 nitrogen and oxygen atoms in total. The van der Waals surface area contributed by atoms with Gasteiger partial charge in [0.1, 0.15) is 0 Å². The summed E-state index contributed by atoms with van der Waals surface area (Å²) in [7, 11) is 0. The lowest BCUT2D eigenvalue weighted by Gasteiger charge is -2.19. The molecular formula is C11H16BrN3O2. The van der Waals surface area contributed by atoms with Crippen LogP contribution in [0.15, 0.2) is 16.9 Å². The molecule has 0 bridgehead atoms. The first kappa shape index (κ1) is 13.9. The summed E-state index contributed by atoms with van der Waals surface area (Å²) in [6.45, 7) is 5.90. The van der Waals surface area contributed by atoms with Gasteiger partial charge in [-0.2, -0.15) is 0 Å². The van der Waals surface area contributed by atoms with Gasteiger partial charge in [0.25, 0.3) is 0 Å². The quantitative estimate of drug-likeness (QED) is 0.845. The SMILES string of the molecule is CCOC(=O)[C@@H](C)[C@H](C)Nc1ncc(Br)cn1. The van der Waals surface area contributed by atoms with Gasteiger partial charge in [0.05, 0.1) is 17.0 Å². The normalized spacial score (nSPS) is 13.9. The van der Waals surface area contributed by atoms with Crippen LogP contribution in [0.5, 0.6) is 0 Å². The summed E-state index contributed by atoms with van der Waals surface area (Å²) in [5, 5.41) is 3.06. The third-order valence-corrected chi connectivity index (χ3v) is 2.79. The summed E-state index contributed by atoms with van der Waals surface area (Å²) in [6, 6.07) is -0.0878. The van der Waals surface area contributed by atoms with E-state index < -0.39 is 0 Å². The Morgan fingerprint density at radius 2 is 2.06 bits per heavy atom. The molecule has 0 aromatic carbocycles. The number of halogens is 1. The summed E-state index contributed by atoms with van der Waals surface area (Å²) in [4.78, 5) is 19.7. The summed E-state index contributed by atoms with van der Waals surface area (Å²) in [5.74, 6) is 0.0312. The van der Waals surface area contributed by atoms with Gasteiger partial charge in [0.15, 0.2) is 0 Å². The maximum atomic E-state index is 11.5. The Morgan fingerprint density at radius 3 is 2.59 bits per heavy atom. The summed E-state index contributed by atoms with van der Waals surface area (Å²) in [5.41, 5.74) is 0. The fraction of sp³-hybridized carbons (Fsp3) is 0.545. The molecule has 0 aliphatic carbocycles.